The van der Waals surface area contributed by atoms with Gasteiger partial charge >= 0.3 is 0 Å². The van der Waals surface area contributed by atoms with Crippen molar-refractivity contribution in [3.05, 3.63) is 66.0 Å². The Hall–Kier alpha value is -3.25. The van der Waals surface area contributed by atoms with Gasteiger partial charge in [-0.1, -0.05) is 18.2 Å². The van der Waals surface area contributed by atoms with E-state index >= 15 is 0 Å². The molecule has 2 atom stereocenters. The maximum absolute atomic E-state index is 12.0. The molecule has 3 aliphatic heterocycles. The molecule has 2 saturated heterocycles. The number of anilines is 1. The van der Waals surface area contributed by atoms with Crippen LogP contribution in [0, 0.1) is 0 Å². The van der Waals surface area contributed by atoms with E-state index in [1.807, 2.05) is 18.3 Å². The first-order valence-electron chi connectivity index (χ1n) is 11.0. The monoisotopic (exact) mass is 411 g/mol. The van der Waals surface area contributed by atoms with Crippen LogP contribution in [-0.4, -0.2) is 59.5 Å². The summed E-state index contributed by atoms with van der Waals surface area (Å²) in [4.78, 5) is 26.3. The van der Waals surface area contributed by atoms with E-state index in [1.165, 1.54) is 12.1 Å². The normalized spacial score (nSPS) is 22.5. The van der Waals surface area contributed by atoms with Crippen molar-refractivity contribution in [3.8, 4) is 22.5 Å². The van der Waals surface area contributed by atoms with Crippen LogP contribution < -0.4 is 10.2 Å². The van der Waals surface area contributed by atoms with Crippen molar-refractivity contribution in [1.29, 1.82) is 0 Å². The van der Waals surface area contributed by atoms with Gasteiger partial charge in [-0.25, -0.2) is 4.98 Å². The van der Waals surface area contributed by atoms with Crippen LogP contribution in [0.5, 0.6) is 0 Å². The second-order valence-electron chi connectivity index (χ2n) is 8.85. The smallest absolute Gasteiger partial charge is 0.251 e. The Morgan fingerprint density at radius 1 is 0.968 bits per heavy atom. The topological polar surface area (TPSA) is 61.4 Å². The number of nitrogens with one attached hydrogen (secondary N) is 1. The van der Waals surface area contributed by atoms with Crippen molar-refractivity contribution in [2.75, 3.05) is 31.6 Å². The van der Waals surface area contributed by atoms with Crippen LogP contribution in [-0.2, 0) is 6.42 Å². The SMILES string of the molecule is CN1C[C@@H]2C[C@H]1CN2c1ccc(-c2cncc(-c3ccc4c(c3)CCNC4=O)n2)cc1. The van der Waals surface area contributed by atoms with Crippen LogP contribution >= 0.6 is 0 Å². The van der Waals surface area contributed by atoms with Gasteiger partial charge in [-0.3, -0.25) is 14.7 Å². The fourth-order valence-electron chi connectivity index (χ4n) is 5.24. The summed E-state index contributed by atoms with van der Waals surface area (Å²) in [6.07, 6.45) is 5.73. The number of piperazine rings is 1. The van der Waals surface area contributed by atoms with Gasteiger partial charge in [0.2, 0.25) is 0 Å². The Labute approximate surface area is 181 Å². The number of carbonyl (C=O) groups is 1. The molecule has 31 heavy (non-hydrogen) atoms. The molecule has 2 aromatic carbocycles. The standard InChI is InChI=1S/C25H25N5O/c1-29-14-21-11-20(29)15-30(21)19-5-2-16(3-6-19)23-12-26-13-24(28-23)18-4-7-22-17(10-18)8-9-27-25(22)31/h2-7,10,12-13,20-21H,8-9,11,14-15H2,1H3,(H,27,31)/t20-,21-/m0/s1. The fourth-order valence-corrected chi connectivity index (χ4v) is 5.24. The highest BCUT2D eigenvalue weighted by Crippen LogP contribution is 2.34. The fraction of sp³-hybridized carbons (Fsp3) is 0.320. The molecule has 0 saturated carbocycles. The van der Waals surface area contributed by atoms with E-state index < -0.39 is 0 Å². The minimum Gasteiger partial charge on any atom is -0.366 e. The number of rotatable bonds is 3. The number of hydrogen-bond donors (Lipinski definition) is 1. The number of hydrogen-bond acceptors (Lipinski definition) is 5. The molecule has 0 aliphatic carbocycles. The van der Waals surface area contributed by atoms with Crippen molar-refractivity contribution in [1.82, 2.24) is 20.2 Å². The number of likely N-dealkylation sites (N-methyl/N-ethyl adjacent to an activating group) is 1. The number of amides is 1. The van der Waals surface area contributed by atoms with E-state index in [1.54, 1.807) is 6.20 Å². The molecule has 3 aliphatic rings. The predicted molar refractivity (Wildman–Crippen MR) is 121 cm³/mol. The zero-order valence-electron chi connectivity index (χ0n) is 17.6. The molecular weight excluding hydrogens is 386 g/mol. The van der Waals surface area contributed by atoms with Crippen LogP contribution in [0.3, 0.4) is 0 Å². The number of aromatic nitrogens is 2. The van der Waals surface area contributed by atoms with Crippen molar-refractivity contribution in [3.63, 3.8) is 0 Å². The second kappa shape index (κ2) is 7.17. The van der Waals surface area contributed by atoms with Gasteiger partial charge in [0.25, 0.3) is 5.91 Å². The Morgan fingerprint density at radius 3 is 2.48 bits per heavy atom. The molecule has 6 nitrogen and oxygen atoms in total. The molecule has 3 aromatic rings. The average Bonchev–Trinajstić information content (AvgIpc) is 3.39. The van der Waals surface area contributed by atoms with Crippen LogP contribution in [0.2, 0.25) is 0 Å². The van der Waals surface area contributed by atoms with Gasteiger partial charge in [-0.2, -0.15) is 0 Å². The maximum atomic E-state index is 12.0. The number of likely N-dealkylation sites (tertiary alicyclic amines) is 1. The highest BCUT2D eigenvalue weighted by molar-refractivity contribution is 5.97. The molecule has 0 unspecified atom stereocenters. The Balaban J connectivity index is 1.26. The average molecular weight is 412 g/mol. The van der Waals surface area contributed by atoms with Crippen molar-refractivity contribution >= 4 is 11.6 Å². The van der Waals surface area contributed by atoms with E-state index in [0.29, 0.717) is 18.6 Å². The van der Waals surface area contributed by atoms with Gasteiger partial charge in [0.1, 0.15) is 0 Å². The minimum atomic E-state index is 0.00518. The lowest BCUT2D eigenvalue weighted by Crippen LogP contribution is -2.44. The molecule has 4 heterocycles. The second-order valence-corrected chi connectivity index (χ2v) is 8.85. The first kappa shape index (κ1) is 18.5. The molecule has 156 valence electrons. The first-order valence-corrected chi connectivity index (χ1v) is 11.0. The van der Waals surface area contributed by atoms with E-state index in [0.717, 1.165) is 53.2 Å². The third kappa shape index (κ3) is 3.18. The van der Waals surface area contributed by atoms with Crippen LogP contribution in [0.4, 0.5) is 5.69 Å². The summed E-state index contributed by atoms with van der Waals surface area (Å²) in [6, 6.07) is 16.0. The Kier molecular flexibility index (Phi) is 4.28. The lowest BCUT2D eigenvalue weighted by atomic mass is 9.97. The summed E-state index contributed by atoms with van der Waals surface area (Å²) in [5, 5.41) is 2.89. The molecule has 0 radical (unpaired) electrons. The lowest BCUT2D eigenvalue weighted by molar-refractivity contribution is 0.0946. The van der Waals surface area contributed by atoms with Crippen LogP contribution in [0.25, 0.3) is 22.5 Å². The zero-order chi connectivity index (χ0) is 20.9. The zero-order valence-corrected chi connectivity index (χ0v) is 17.6. The van der Waals surface area contributed by atoms with Gasteiger partial charge in [0, 0.05) is 54.1 Å². The maximum Gasteiger partial charge on any atom is 0.251 e. The Morgan fingerprint density at radius 2 is 1.74 bits per heavy atom. The first-order chi connectivity index (χ1) is 15.2. The van der Waals surface area contributed by atoms with E-state index in [-0.39, 0.29) is 5.91 Å². The molecule has 1 N–H and O–H groups in total. The summed E-state index contributed by atoms with van der Waals surface area (Å²) in [5.74, 6) is 0.00518. The summed E-state index contributed by atoms with van der Waals surface area (Å²) in [5.41, 5.74) is 6.88. The Bertz CT molecular complexity index is 1160. The number of nitrogens with zero attached hydrogens (tertiary/aromatic N) is 4. The van der Waals surface area contributed by atoms with Crippen LogP contribution in [0.1, 0.15) is 22.3 Å². The van der Waals surface area contributed by atoms with Gasteiger partial charge in [0.15, 0.2) is 0 Å². The predicted octanol–water partition coefficient (Wildman–Crippen LogP) is 2.99. The van der Waals surface area contributed by atoms with E-state index in [4.69, 9.17) is 4.98 Å². The highest BCUT2D eigenvalue weighted by atomic mass is 16.1. The summed E-state index contributed by atoms with van der Waals surface area (Å²) < 4.78 is 0. The van der Waals surface area contributed by atoms with Crippen molar-refractivity contribution in [2.24, 2.45) is 0 Å². The number of carbonyl (C=O) groups excluding carboxylic acids is 1. The molecule has 6 rings (SSSR count). The van der Waals surface area contributed by atoms with Gasteiger partial charge in [-0.15, -0.1) is 0 Å². The third-order valence-electron chi connectivity index (χ3n) is 6.97. The summed E-state index contributed by atoms with van der Waals surface area (Å²) >= 11 is 0. The quantitative estimate of drug-likeness (QED) is 0.718. The minimum absolute atomic E-state index is 0.00518. The number of fused-ring (bicyclic) bond motifs is 3. The number of benzene rings is 2. The highest BCUT2D eigenvalue weighted by Gasteiger charge is 2.41. The third-order valence-corrected chi connectivity index (χ3v) is 6.97. The lowest BCUT2D eigenvalue weighted by Gasteiger charge is -2.33. The van der Waals surface area contributed by atoms with E-state index in [9.17, 15) is 4.79 Å². The van der Waals surface area contributed by atoms with Gasteiger partial charge < -0.3 is 10.2 Å². The molecule has 0 spiro atoms. The molecule has 2 fully saturated rings. The molecule has 1 aromatic heterocycles. The van der Waals surface area contributed by atoms with Crippen molar-refractivity contribution < 1.29 is 4.79 Å². The summed E-state index contributed by atoms with van der Waals surface area (Å²) in [7, 11) is 2.23. The molecule has 2 bridgehead atoms. The van der Waals surface area contributed by atoms with Gasteiger partial charge in [0.05, 0.1) is 23.8 Å². The van der Waals surface area contributed by atoms with Gasteiger partial charge in [-0.05, 0) is 49.7 Å². The van der Waals surface area contributed by atoms with Crippen LogP contribution in [0.15, 0.2) is 54.9 Å². The molecule has 1 amide bonds. The largest absolute Gasteiger partial charge is 0.366 e. The van der Waals surface area contributed by atoms with E-state index in [2.05, 4.69) is 57.5 Å². The van der Waals surface area contributed by atoms with Crippen molar-refractivity contribution in [2.45, 2.75) is 24.9 Å². The molecular formula is C25H25N5O. The summed E-state index contributed by atoms with van der Waals surface area (Å²) in [6.45, 7) is 2.96. The molecule has 6 heteroatoms.